The molecule has 0 bridgehead atoms. The van der Waals surface area contributed by atoms with Crippen LogP contribution in [0.15, 0.2) is 59.5 Å². The number of para-hydroxylation sites is 1. The lowest BCUT2D eigenvalue weighted by Gasteiger charge is -2.33. The molecule has 32 heavy (non-hydrogen) atoms. The molecule has 1 saturated carbocycles. The predicted molar refractivity (Wildman–Crippen MR) is 117 cm³/mol. The van der Waals surface area contributed by atoms with Gasteiger partial charge in [0, 0.05) is 11.3 Å². The van der Waals surface area contributed by atoms with Gasteiger partial charge in [0.1, 0.15) is 5.54 Å². The van der Waals surface area contributed by atoms with E-state index in [1.165, 1.54) is 24.3 Å². The molecule has 1 heterocycles. The number of benzene rings is 2. The average Bonchev–Trinajstić information content (AvgIpc) is 3.00. The fourth-order valence-corrected chi connectivity index (χ4v) is 5.05. The fourth-order valence-electron chi connectivity index (χ4n) is 3.99. The molecule has 3 N–H and O–H groups in total. The van der Waals surface area contributed by atoms with Crippen LogP contribution in [0.1, 0.15) is 43.0 Å². The van der Waals surface area contributed by atoms with Crippen molar-refractivity contribution in [2.75, 3.05) is 4.72 Å². The van der Waals surface area contributed by atoms with E-state index in [1.807, 2.05) is 0 Å². The van der Waals surface area contributed by atoms with Crippen LogP contribution in [0, 0.1) is 5.92 Å². The molecule has 1 spiro atoms. The molecule has 0 atom stereocenters. The van der Waals surface area contributed by atoms with Crippen LogP contribution in [-0.2, 0) is 14.8 Å². The summed E-state index contributed by atoms with van der Waals surface area (Å²) in [6.07, 6.45) is 2.71. The number of imide groups is 1. The Morgan fingerprint density at radius 2 is 1.66 bits per heavy atom. The molecule has 9 nitrogen and oxygen atoms in total. The number of carbonyl (C=O) groups is 3. The summed E-state index contributed by atoms with van der Waals surface area (Å²) in [4.78, 5) is 37.8. The molecule has 0 radical (unpaired) electrons. The van der Waals surface area contributed by atoms with Crippen molar-refractivity contribution in [3.63, 3.8) is 0 Å². The summed E-state index contributed by atoms with van der Waals surface area (Å²) in [5.41, 5.74) is 1.91. The lowest BCUT2D eigenvalue weighted by atomic mass is 9.77. The van der Waals surface area contributed by atoms with Gasteiger partial charge in [-0.25, -0.2) is 13.2 Å². The Morgan fingerprint density at radius 1 is 1.03 bits per heavy atom. The van der Waals surface area contributed by atoms with Gasteiger partial charge in [-0.3, -0.25) is 19.7 Å². The minimum Gasteiger partial charge on any atom is -0.322 e. The fraction of sp³-hybridized carbons (Fsp3) is 0.318. The van der Waals surface area contributed by atoms with Gasteiger partial charge in [-0.2, -0.15) is 5.01 Å². The summed E-state index contributed by atoms with van der Waals surface area (Å²) in [6.45, 7) is 2.10. The first-order valence-electron chi connectivity index (χ1n) is 10.4. The summed E-state index contributed by atoms with van der Waals surface area (Å²) >= 11 is 0. The third kappa shape index (κ3) is 4.18. The van der Waals surface area contributed by atoms with Crippen molar-refractivity contribution >= 4 is 33.6 Å². The Kier molecular flexibility index (Phi) is 5.64. The van der Waals surface area contributed by atoms with Crippen LogP contribution in [0.5, 0.6) is 0 Å². The van der Waals surface area contributed by atoms with Gasteiger partial charge >= 0.3 is 6.03 Å². The van der Waals surface area contributed by atoms with E-state index in [0.717, 1.165) is 17.9 Å². The molecular weight excluding hydrogens is 432 g/mol. The van der Waals surface area contributed by atoms with E-state index >= 15 is 0 Å². The van der Waals surface area contributed by atoms with Gasteiger partial charge in [0.25, 0.3) is 21.8 Å². The van der Waals surface area contributed by atoms with Crippen molar-refractivity contribution in [1.29, 1.82) is 0 Å². The first-order chi connectivity index (χ1) is 15.2. The zero-order valence-electron chi connectivity index (χ0n) is 17.5. The molecule has 0 aromatic heterocycles. The van der Waals surface area contributed by atoms with Crippen LogP contribution in [-0.4, -0.2) is 36.8 Å². The summed E-state index contributed by atoms with van der Waals surface area (Å²) in [5, 5.41) is 3.46. The number of rotatable bonds is 5. The number of hydrogen-bond donors (Lipinski definition) is 3. The van der Waals surface area contributed by atoms with E-state index in [4.69, 9.17) is 0 Å². The zero-order valence-corrected chi connectivity index (χ0v) is 18.3. The van der Waals surface area contributed by atoms with E-state index in [2.05, 4.69) is 22.4 Å². The Balaban J connectivity index is 1.44. The number of hydrazine groups is 1. The van der Waals surface area contributed by atoms with Crippen molar-refractivity contribution in [3.05, 3.63) is 60.2 Å². The van der Waals surface area contributed by atoms with Crippen LogP contribution < -0.4 is 15.5 Å². The van der Waals surface area contributed by atoms with E-state index in [1.54, 1.807) is 30.3 Å². The molecule has 10 heteroatoms. The minimum absolute atomic E-state index is 0.0248. The second-order valence-corrected chi connectivity index (χ2v) is 9.95. The number of sulfonamides is 1. The van der Waals surface area contributed by atoms with Crippen LogP contribution in [0.2, 0.25) is 0 Å². The maximum absolute atomic E-state index is 12.9. The Bertz CT molecular complexity index is 1140. The molecule has 0 unspecified atom stereocenters. The zero-order chi connectivity index (χ0) is 22.9. The van der Waals surface area contributed by atoms with Gasteiger partial charge in [-0.15, -0.1) is 0 Å². The lowest BCUT2D eigenvalue weighted by molar-refractivity contribution is -0.134. The largest absolute Gasteiger partial charge is 0.344 e. The number of nitrogens with one attached hydrogen (secondary N) is 3. The smallest absolute Gasteiger partial charge is 0.322 e. The summed E-state index contributed by atoms with van der Waals surface area (Å²) in [7, 11) is -3.83. The minimum atomic E-state index is -3.83. The van der Waals surface area contributed by atoms with Crippen molar-refractivity contribution in [1.82, 2.24) is 15.8 Å². The Labute approximate surface area is 186 Å². The van der Waals surface area contributed by atoms with Crippen molar-refractivity contribution in [2.45, 2.75) is 43.0 Å². The molecule has 2 aromatic rings. The van der Waals surface area contributed by atoms with Gasteiger partial charge in [0.2, 0.25) is 0 Å². The number of hydrogen-bond acceptors (Lipinski definition) is 5. The average molecular weight is 457 g/mol. The normalized spacial score (nSPS) is 23.2. The monoisotopic (exact) mass is 456 g/mol. The summed E-state index contributed by atoms with van der Waals surface area (Å²) in [5.74, 6) is -0.663. The van der Waals surface area contributed by atoms with E-state index in [9.17, 15) is 22.8 Å². The van der Waals surface area contributed by atoms with Crippen LogP contribution in [0.4, 0.5) is 10.5 Å². The highest BCUT2D eigenvalue weighted by Crippen LogP contribution is 2.35. The van der Waals surface area contributed by atoms with E-state index in [-0.39, 0.29) is 10.5 Å². The van der Waals surface area contributed by atoms with Crippen molar-refractivity contribution in [2.24, 2.45) is 5.92 Å². The summed E-state index contributed by atoms with van der Waals surface area (Å²) < 4.78 is 27.5. The Hall–Kier alpha value is -3.40. The highest BCUT2D eigenvalue weighted by atomic mass is 32.2. The van der Waals surface area contributed by atoms with Crippen LogP contribution in [0.3, 0.4) is 0 Å². The lowest BCUT2D eigenvalue weighted by Crippen LogP contribution is -2.51. The van der Waals surface area contributed by atoms with Gasteiger partial charge in [0.05, 0.1) is 4.90 Å². The predicted octanol–water partition coefficient (Wildman–Crippen LogP) is 2.63. The highest BCUT2D eigenvalue weighted by Gasteiger charge is 2.52. The molecular formula is C22H24N4O5S. The number of urea groups is 1. The SMILES string of the molecule is CC1CCC2(CC1)NC(=O)N(NC(=O)c1ccc(S(=O)(=O)Nc3ccccc3)cc1)C2=O. The first kappa shape index (κ1) is 21.8. The van der Waals surface area contributed by atoms with E-state index < -0.39 is 33.4 Å². The van der Waals surface area contributed by atoms with E-state index in [0.29, 0.717) is 24.4 Å². The highest BCUT2D eigenvalue weighted by molar-refractivity contribution is 7.92. The molecule has 4 amide bonds. The molecule has 2 aromatic carbocycles. The van der Waals surface area contributed by atoms with Crippen molar-refractivity contribution in [3.8, 4) is 0 Å². The second kappa shape index (κ2) is 8.27. The third-order valence-electron chi connectivity index (χ3n) is 5.96. The molecule has 4 rings (SSSR count). The maximum Gasteiger partial charge on any atom is 0.344 e. The maximum atomic E-state index is 12.9. The molecule has 1 aliphatic heterocycles. The number of nitrogens with zero attached hydrogens (tertiary/aromatic N) is 1. The van der Waals surface area contributed by atoms with Gasteiger partial charge in [0.15, 0.2) is 0 Å². The van der Waals surface area contributed by atoms with Gasteiger partial charge < -0.3 is 5.32 Å². The van der Waals surface area contributed by atoms with Gasteiger partial charge in [-0.1, -0.05) is 25.1 Å². The Morgan fingerprint density at radius 3 is 2.28 bits per heavy atom. The first-order valence-corrected chi connectivity index (χ1v) is 11.8. The number of carbonyl (C=O) groups excluding carboxylic acids is 3. The molecule has 1 saturated heterocycles. The van der Waals surface area contributed by atoms with Gasteiger partial charge in [-0.05, 0) is 68.0 Å². The standard InChI is InChI=1S/C22H24N4O5S/c1-15-11-13-22(14-12-15)20(28)26(21(29)23-22)24-19(27)16-7-9-18(10-8-16)32(30,31)25-17-5-3-2-4-6-17/h2-10,15,25H,11-14H2,1H3,(H,23,29)(H,24,27). The third-order valence-corrected chi connectivity index (χ3v) is 7.35. The van der Waals surface area contributed by atoms with Crippen molar-refractivity contribution < 1.29 is 22.8 Å². The van der Waals surface area contributed by atoms with Crippen LogP contribution >= 0.6 is 0 Å². The number of anilines is 1. The second-order valence-electron chi connectivity index (χ2n) is 8.27. The molecule has 168 valence electrons. The number of amides is 4. The topological polar surface area (TPSA) is 125 Å². The quantitative estimate of drug-likeness (QED) is 0.597. The molecule has 2 aliphatic rings. The van der Waals surface area contributed by atoms with Crippen LogP contribution in [0.25, 0.3) is 0 Å². The molecule has 2 fully saturated rings. The molecule has 1 aliphatic carbocycles. The summed E-state index contributed by atoms with van der Waals surface area (Å²) in [6, 6.07) is 13.0.